The van der Waals surface area contributed by atoms with Crippen LogP contribution >= 0.6 is 0 Å². The number of halogens is 3. The SMILES string of the molecule is Cc1ccc(NC2CCN(CC(F)(F)F)CC2)cc1O. The van der Waals surface area contributed by atoms with Crippen molar-refractivity contribution in [2.75, 3.05) is 25.0 Å². The minimum atomic E-state index is -4.12. The molecule has 0 saturated carbocycles. The molecular formula is C14H19F3N2O. The maximum Gasteiger partial charge on any atom is 0.401 e. The second kappa shape index (κ2) is 5.91. The van der Waals surface area contributed by atoms with Crippen molar-refractivity contribution in [1.82, 2.24) is 4.90 Å². The lowest BCUT2D eigenvalue weighted by Crippen LogP contribution is -2.43. The van der Waals surface area contributed by atoms with E-state index in [1.54, 1.807) is 6.07 Å². The number of aromatic hydroxyl groups is 1. The first-order valence-electron chi connectivity index (χ1n) is 6.69. The van der Waals surface area contributed by atoms with Crippen LogP contribution in [0.4, 0.5) is 18.9 Å². The Balaban J connectivity index is 1.83. The first-order valence-corrected chi connectivity index (χ1v) is 6.69. The molecule has 0 bridgehead atoms. The summed E-state index contributed by atoms with van der Waals surface area (Å²) in [5.41, 5.74) is 1.61. The fourth-order valence-corrected chi connectivity index (χ4v) is 2.42. The summed E-state index contributed by atoms with van der Waals surface area (Å²) in [7, 11) is 0. The van der Waals surface area contributed by atoms with E-state index in [0.717, 1.165) is 11.3 Å². The van der Waals surface area contributed by atoms with Gasteiger partial charge in [0.1, 0.15) is 5.75 Å². The molecule has 1 heterocycles. The van der Waals surface area contributed by atoms with Gasteiger partial charge in [-0.05, 0) is 31.4 Å². The number of nitrogens with one attached hydrogen (secondary N) is 1. The van der Waals surface area contributed by atoms with E-state index in [1.807, 2.05) is 19.1 Å². The summed E-state index contributed by atoms with van der Waals surface area (Å²) >= 11 is 0. The Bertz CT molecular complexity index is 454. The zero-order valence-corrected chi connectivity index (χ0v) is 11.4. The Hall–Kier alpha value is -1.43. The van der Waals surface area contributed by atoms with Crippen LogP contribution in [0.15, 0.2) is 18.2 Å². The van der Waals surface area contributed by atoms with Crippen LogP contribution in [0.1, 0.15) is 18.4 Å². The molecule has 0 aliphatic carbocycles. The Morgan fingerprint density at radius 1 is 1.30 bits per heavy atom. The van der Waals surface area contributed by atoms with Crippen LogP contribution in [0, 0.1) is 6.92 Å². The molecule has 2 N–H and O–H groups in total. The van der Waals surface area contributed by atoms with Crippen LogP contribution in [0.3, 0.4) is 0 Å². The molecule has 1 aromatic carbocycles. The number of piperidine rings is 1. The molecule has 1 saturated heterocycles. The van der Waals surface area contributed by atoms with Crippen molar-refractivity contribution in [2.24, 2.45) is 0 Å². The Kier molecular flexibility index (Phi) is 4.42. The number of rotatable bonds is 3. The van der Waals surface area contributed by atoms with Crippen molar-refractivity contribution in [1.29, 1.82) is 0 Å². The average Bonchev–Trinajstić information content (AvgIpc) is 2.35. The van der Waals surface area contributed by atoms with Gasteiger partial charge < -0.3 is 10.4 Å². The average molecular weight is 288 g/mol. The van der Waals surface area contributed by atoms with Gasteiger partial charge in [-0.25, -0.2) is 0 Å². The van der Waals surface area contributed by atoms with Crippen molar-refractivity contribution in [3.63, 3.8) is 0 Å². The van der Waals surface area contributed by atoms with Gasteiger partial charge in [0, 0.05) is 30.9 Å². The summed E-state index contributed by atoms with van der Waals surface area (Å²) < 4.78 is 36.8. The second-order valence-corrected chi connectivity index (χ2v) is 5.31. The molecule has 1 aromatic rings. The van der Waals surface area contributed by atoms with Crippen molar-refractivity contribution in [3.05, 3.63) is 23.8 Å². The summed E-state index contributed by atoms with van der Waals surface area (Å²) in [6.45, 7) is 1.86. The van der Waals surface area contributed by atoms with E-state index in [1.165, 1.54) is 4.90 Å². The Morgan fingerprint density at radius 3 is 2.50 bits per heavy atom. The van der Waals surface area contributed by atoms with Gasteiger partial charge in [0.15, 0.2) is 0 Å². The maximum absolute atomic E-state index is 12.3. The van der Waals surface area contributed by atoms with E-state index >= 15 is 0 Å². The fourth-order valence-electron chi connectivity index (χ4n) is 2.42. The molecule has 112 valence electrons. The highest BCUT2D eigenvalue weighted by Crippen LogP contribution is 2.24. The number of aryl methyl sites for hydroxylation is 1. The number of phenols is 1. The monoisotopic (exact) mass is 288 g/mol. The molecule has 3 nitrogen and oxygen atoms in total. The first-order chi connectivity index (χ1) is 9.33. The first kappa shape index (κ1) is 15.0. The third-order valence-corrected chi connectivity index (χ3v) is 3.57. The van der Waals surface area contributed by atoms with E-state index < -0.39 is 12.7 Å². The van der Waals surface area contributed by atoms with Gasteiger partial charge in [0.25, 0.3) is 0 Å². The third-order valence-electron chi connectivity index (χ3n) is 3.57. The molecule has 0 unspecified atom stereocenters. The summed E-state index contributed by atoms with van der Waals surface area (Å²) in [5.74, 6) is 0.226. The van der Waals surface area contributed by atoms with E-state index in [-0.39, 0.29) is 11.8 Å². The summed E-state index contributed by atoms with van der Waals surface area (Å²) in [5, 5.41) is 12.9. The number of alkyl halides is 3. The molecule has 1 aliphatic heterocycles. The van der Waals surface area contributed by atoms with Gasteiger partial charge in [-0.3, -0.25) is 4.90 Å². The molecule has 0 spiro atoms. The number of phenolic OH excluding ortho intramolecular Hbond substituents is 1. The largest absolute Gasteiger partial charge is 0.508 e. The Labute approximate surface area is 116 Å². The fraction of sp³-hybridized carbons (Fsp3) is 0.571. The number of hydrogen-bond acceptors (Lipinski definition) is 3. The molecule has 0 amide bonds. The van der Waals surface area contributed by atoms with E-state index in [9.17, 15) is 18.3 Å². The predicted octanol–water partition coefficient (Wildman–Crippen LogP) is 3.14. The molecule has 6 heteroatoms. The minimum absolute atomic E-state index is 0.154. The highest BCUT2D eigenvalue weighted by Gasteiger charge is 2.32. The second-order valence-electron chi connectivity index (χ2n) is 5.31. The van der Waals surface area contributed by atoms with Crippen molar-refractivity contribution in [3.8, 4) is 5.75 Å². The van der Waals surface area contributed by atoms with Crippen molar-refractivity contribution < 1.29 is 18.3 Å². The number of benzene rings is 1. The Morgan fingerprint density at radius 2 is 1.95 bits per heavy atom. The summed E-state index contributed by atoms with van der Waals surface area (Å²) in [6.07, 6.45) is -2.78. The van der Waals surface area contributed by atoms with Crippen LogP contribution in [0.5, 0.6) is 5.75 Å². The standard InChI is InChI=1S/C14H19F3N2O/c1-10-2-3-12(8-13(10)20)18-11-4-6-19(7-5-11)9-14(15,16)17/h2-3,8,11,18,20H,4-7,9H2,1H3. The maximum atomic E-state index is 12.3. The number of nitrogens with zero attached hydrogens (tertiary/aromatic N) is 1. The van der Waals surface area contributed by atoms with E-state index in [2.05, 4.69) is 5.32 Å². The molecule has 0 atom stereocenters. The van der Waals surface area contributed by atoms with Gasteiger partial charge in [0.2, 0.25) is 0 Å². The van der Waals surface area contributed by atoms with Crippen LogP contribution in [0.2, 0.25) is 0 Å². The normalized spacial score (nSPS) is 18.2. The number of hydrogen-bond donors (Lipinski definition) is 2. The molecular weight excluding hydrogens is 269 g/mol. The topological polar surface area (TPSA) is 35.5 Å². The lowest BCUT2D eigenvalue weighted by molar-refractivity contribution is -0.147. The van der Waals surface area contributed by atoms with E-state index in [0.29, 0.717) is 25.9 Å². The molecule has 2 rings (SSSR count). The quantitative estimate of drug-likeness (QED) is 0.897. The lowest BCUT2D eigenvalue weighted by Gasteiger charge is -2.33. The highest BCUT2D eigenvalue weighted by atomic mass is 19.4. The van der Waals surface area contributed by atoms with Gasteiger partial charge in [-0.2, -0.15) is 13.2 Å². The molecule has 0 aromatic heterocycles. The highest BCUT2D eigenvalue weighted by molar-refractivity contribution is 5.51. The zero-order valence-electron chi connectivity index (χ0n) is 11.4. The lowest BCUT2D eigenvalue weighted by atomic mass is 10.0. The molecule has 0 radical (unpaired) electrons. The van der Waals surface area contributed by atoms with Crippen molar-refractivity contribution in [2.45, 2.75) is 32.0 Å². The van der Waals surface area contributed by atoms with Gasteiger partial charge >= 0.3 is 6.18 Å². The van der Waals surface area contributed by atoms with Gasteiger partial charge in [-0.15, -0.1) is 0 Å². The third kappa shape index (κ3) is 4.30. The van der Waals surface area contributed by atoms with Crippen LogP contribution < -0.4 is 5.32 Å². The van der Waals surface area contributed by atoms with E-state index in [4.69, 9.17) is 0 Å². The summed E-state index contributed by atoms with van der Waals surface area (Å²) in [4.78, 5) is 1.44. The summed E-state index contributed by atoms with van der Waals surface area (Å²) in [6, 6.07) is 5.49. The smallest absolute Gasteiger partial charge is 0.401 e. The van der Waals surface area contributed by atoms with Gasteiger partial charge in [-0.1, -0.05) is 6.07 Å². The molecule has 1 aliphatic rings. The number of anilines is 1. The molecule has 1 fully saturated rings. The minimum Gasteiger partial charge on any atom is -0.508 e. The van der Waals surface area contributed by atoms with Crippen LogP contribution in [-0.4, -0.2) is 41.9 Å². The predicted molar refractivity (Wildman–Crippen MR) is 72.0 cm³/mol. The van der Waals surface area contributed by atoms with Crippen molar-refractivity contribution >= 4 is 5.69 Å². The van der Waals surface area contributed by atoms with Crippen LogP contribution in [-0.2, 0) is 0 Å². The number of likely N-dealkylation sites (tertiary alicyclic amines) is 1. The van der Waals surface area contributed by atoms with Gasteiger partial charge in [0.05, 0.1) is 6.54 Å². The van der Waals surface area contributed by atoms with Crippen LogP contribution in [0.25, 0.3) is 0 Å². The molecule has 20 heavy (non-hydrogen) atoms. The zero-order chi connectivity index (χ0) is 14.8.